The highest BCUT2D eigenvalue weighted by Crippen LogP contribution is 2.19. The first kappa shape index (κ1) is 78.6. The molecule has 0 rings (SSSR count). The molecule has 0 saturated carbocycles. The maximum atomic E-state index is 12.9. The highest BCUT2D eigenvalue weighted by atomic mass is 16.6. The van der Waals surface area contributed by atoms with Gasteiger partial charge in [-0.2, -0.15) is 0 Å². The SMILES string of the molecule is CCCCC/C=C\C/C=C\CCCCCCCC(=O)OC(COC(=O)CCCCCCC/C=C\CCCCCC)COC(=O)CCCCCCCCCCCCCCCCCCCCCCCCCCCCCCCCCCCCC. The number of ether oxygens (including phenoxy) is 3. The van der Waals surface area contributed by atoms with E-state index < -0.39 is 6.10 Å². The third-order valence-electron chi connectivity index (χ3n) is 16.6. The van der Waals surface area contributed by atoms with Crippen LogP contribution in [0.2, 0.25) is 0 Å². The van der Waals surface area contributed by atoms with E-state index in [0.29, 0.717) is 19.3 Å². The molecular weight excluding hydrogens is 997 g/mol. The Morgan fingerprint density at radius 2 is 0.444 bits per heavy atom. The lowest BCUT2D eigenvalue weighted by Gasteiger charge is -2.18. The van der Waals surface area contributed by atoms with Crippen LogP contribution in [0.3, 0.4) is 0 Å². The van der Waals surface area contributed by atoms with Crippen molar-refractivity contribution in [3.05, 3.63) is 36.5 Å². The Balaban J connectivity index is 4.04. The smallest absolute Gasteiger partial charge is 0.306 e. The molecule has 6 nitrogen and oxygen atoms in total. The van der Waals surface area contributed by atoms with Crippen molar-refractivity contribution < 1.29 is 28.6 Å². The first-order valence-electron chi connectivity index (χ1n) is 36.5. The Morgan fingerprint density at radius 3 is 0.728 bits per heavy atom. The molecule has 0 aliphatic carbocycles. The fraction of sp³-hybridized carbons (Fsp3) is 0.880. The normalized spacial score (nSPS) is 12.2. The van der Waals surface area contributed by atoms with Gasteiger partial charge in [-0.1, -0.05) is 346 Å². The second-order valence-corrected chi connectivity index (χ2v) is 24.9. The quantitative estimate of drug-likeness (QED) is 0.0261. The average Bonchev–Trinajstić information content (AvgIpc) is 3.46. The number of unbranched alkanes of at least 4 members (excludes halogenated alkanes) is 51. The second-order valence-electron chi connectivity index (χ2n) is 24.9. The van der Waals surface area contributed by atoms with E-state index in [9.17, 15) is 14.4 Å². The second kappa shape index (κ2) is 70.1. The Labute approximate surface area is 506 Å². The summed E-state index contributed by atoms with van der Waals surface area (Å²) < 4.78 is 16.9. The summed E-state index contributed by atoms with van der Waals surface area (Å²) in [7, 11) is 0. The van der Waals surface area contributed by atoms with Crippen LogP contribution in [0.5, 0.6) is 0 Å². The minimum atomic E-state index is -0.781. The van der Waals surface area contributed by atoms with Gasteiger partial charge in [-0.05, 0) is 77.0 Å². The number of allylic oxidation sites excluding steroid dienone is 6. The van der Waals surface area contributed by atoms with Crippen molar-refractivity contribution >= 4 is 17.9 Å². The zero-order valence-electron chi connectivity index (χ0n) is 54.8. The Bertz CT molecular complexity index is 1350. The molecule has 0 aliphatic rings. The van der Waals surface area contributed by atoms with Gasteiger partial charge in [0.25, 0.3) is 0 Å². The van der Waals surface area contributed by atoms with Gasteiger partial charge in [0, 0.05) is 19.3 Å². The molecule has 81 heavy (non-hydrogen) atoms. The van der Waals surface area contributed by atoms with E-state index in [-0.39, 0.29) is 31.1 Å². The molecule has 0 spiro atoms. The molecule has 476 valence electrons. The first-order chi connectivity index (χ1) is 40.0. The number of rotatable bonds is 68. The van der Waals surface area contributed by atoms with Crippen molar-refractivity contribution in [1.82, 2.24) is 0 Å². The van der Waals surface area contributed by atoms with Crippen LogP contribution >= 0.6 is 0 Å². The molecule has 1 unspecified atom stereocenters. The van der Waals surface area contributed by atoms with Gasteiger partial charge in [0.15, 0.2) is 6.10 Å². The predicted molar refractivity (Wildman–Crippen MR) is 353 cm³/mol. The molecule has 0 N–H and O–H groups in total. The van der Waals surface area contributed by atoms with Gasteiger partial charge in [-0.15, -0.1) is 0 Å². The minimum absolute atomic E-state index is 0.0765. The summed E-state index contributed by atoms with van der Waals surface area (Å²) in [5.41, 5.74) is 0. The molecule has 0 heterocycles. The Morgan fingerprint density at radius 1 is 0.247 bits per heavy atom. The van der Waals surface area contributed by atoms with Crippen molar-refractivity contribution in [3.63, 3.8) is 0 Å². The summed E-state index contributed by atoms with van der Waals surface area (Å²) in [6.07, 6.45) is 87.8. The predicted octanol–water partition coefficient (Wildman–Crippen LogP) is 25.1. The highest BCUT2D eigenvalue weighted by molar-refractivity contribution is 5.71. The Hall–Kier alpha value is -2.37. The van der Waals surface area contributed by atoms with Crippen LogP contribution in [0, 0.1) is 0 Å². The van der Waals surface area contributed by atoms with E-state index in [4.69, 9.17) is 14.2 Å². The molecule has 0 fully saturated rings. The lowest BCUT2D eigenvalue weighted by Crippen LogP contribution is -2.30. The molecule has 0 aromatic carbocycles. The number of carbonyl (C=O) groups excluding carboxylic acids is 3. The van der Waals surface area contributed by atoms with E-state index in [0.717, 1.165) is 89.9 Å². The van der Waals surface area contributed by atoms with Gasteiger partial charge in [-0.3, -0.25) is 14.4 Å². The van der Waals surface area contributed by atoms with E-state index in [1.807, 2.05) is 0 Å². The third-order valence-corrected chi connectivity index (χ3v) is 16.6. The molecule has 1 atom stereocenters. The molecule has 0 radical (unpaired) electrons. The van der Waals surface area contributed by atoms with Crippen molar-refractivity contribution in [1.29, 1.82) is 0 Å². The molecule has 0 amide bonds. The number of hydrogen-bond donors (Lipinski definition) is 0. The fourth-order valence-corrected chi connectivity index (χ4v) is 11.1. The van der Waals surface area contributed by atoms with Crippen LogP contribution in [0.25, 0.3) is 0 Å². The minimum Gasteiger partial charge on any atom is -0.462 e. The van der Waals surface area contributed by atoms with Gasteiger partial charge in [-0.25, -0.2) is 0 Å². The van der Waals surface area contributed by atoms with Crippen molar-refractivity contribution in [2.75, 3.05) is 13.2 Å². The van der Waals surface area contributed by atoms with Crippen LogP contribution < -0.4 is 0 Å². The molecule has 0 aliphatic heterocycles. The van der Waals surface area contributed by atoms with E-state index in [1.54, 1.807) is 0 Å². The molecule has 0 bridgehead atoms. The van der Waals surface area contributed by atoms with Crippen molar-refractivity contribution in [3.8, 4) is 0 Å². The van der Waals surface area contributed by atoms with Crippen LogP contribution in [0.15, 0.2) is 36.5 Å². The van der Waals surface area contributed by atoms with E-state index in [1.165, 1.54) is 276 Å². The maximum Gasteiger partial charge on any atom is 0.306 e. The van der Waals surface area contributed by atoms with Crippen molar-refractivity contribution in [2.24, 2.45) is 0 Å². The molecule has 0 aromatic rings. The van der Waals surface area contributed by atoms with Crippen LogP contribution in [0.1, 0.15) is 406 Å². The number of hydrogen-bond acceptors (Lipinski definition) is 6. The first-order valence-corrected chi connectivity index (χ1v) is 36.5. The number of esters is 3. The summed E-state index contributed by atoms with van der Waals surface area (Å²) in [5, 5.41) is 0. The number of carbonyl (C=O) groups is 3. The lowest BCUT2D eigenvalue weighted by atomic mass is 10.0. The summed E-state index contributed by atoms with van der Waals surface area (Å²) in [4.78, 5) is 38.3. The van der Waals surface area contributed by atoms with Gasteiger partial charge < -0.3 is 14.2 Å². The van der Waals surface area contributed by atoms with Gasteiger partial charge in [0.05, 0.1) is 0 Å². The molecular formula is C75H140O6. The van der Waals surface area contributed by atoms with Crippen LogP contribution in [0.4, 0.5) is 0 Å². The van der Waals surface area contributed by atoms with Crippen LogP contribution in [-0.2, 0) is 28.6 Å². The molecule has 0 aromatic heterocycles. The van der Waals surface area contributed by atoms with E-state index >= 15 is 0 Å². The zero-order chi connectivity index (χ0) is 58.5. The zero-order valence-corrected chi connectivity index (χ0v) is 54.8. The third kappa shape index (κ3) is 68.3. The average molecular weight is 1140 g/mol. The van der Waals surface area contributed by atoms with E-state index in [2.05, 4.69) is 57.2 Å². The standard InChI is InChI=1S/C75H140O6/c1-4-7-10-13-16-19-22-25-27-28-29-30-31-32-33-34-35-36-37-38-39-40-41-42-43-44-45-46-48-50-53-56-59-62-65-68-74(77)80-71-72(70-79-73(76)67-64-61-58-55-52-49-24-21-18-15-12-9-6-3)81-75(78)69-66-63-60-57-54-51-47-26-23-20-17-14-11-8-5-2/h17,20-21,24,26,47,72H,4-16,18-19,22-23,25,27-46,48-71H2,1-3H3/b20-17-,24-21-,47-26-. The van der Waals surface area contributed by atoms with Crippen LogP contribution in [-0.4, -0.2) is 37.2 Å². The topological polar surface area (TPSA) is 78.9 Å². The van der Waals surface area contributed by atoms with Gasteiger partial charge in [0.1, 0.15) is 13.2 Å². The summed E-state index contributed by atoms with van der Waals surface area (Å²) in [6, 6.07) is 0. The summed E-state index contributed by atoms with van der Waals surface area (Å²) in [5.74, 6) is -0.876. The Kier molecular flexibility index (Phi) is 68.1. The lowest BCUT2D eigenvalue weighted by molar-refractivity contribution is -0.167. The molecule has 6 heteroatoms. The highest BCUT2D eigenvalue weighted by Gasteiger charge is 2.19. The maximum absolute atomic E-state index is 12.9. The largest absolute Gasteiger partial charge is 0.462 e. The fourth-order valence-electron chi connectivity index (χ4n) is 11.1. The van der Waals surface area contributed by atoms with Gasteiger partial charge in [0.2, 0.25) is 0 Å². The monoisotopic (exact) mass is 1140 g/mol. The molecule has 0 saturated heterocycles. The summed E-state index contributed by atoms with van der Waals surface area (Å²) >= 11 is 0. The van der Waals surface area contributed by atoms with Gasteiger partial charge >= 0.3 is 17.9 Å². The van der Waals surface area contributed by atoms with Crippen molar-refractivity contribution in [2.45, 2.75) is 412 Å². The summed E-state index contributed by atoms with van der Waals surface area (Å²) in [6.45, 7) is 6.64.